The average Bonchev–Trinajstić information content (AvgIpc) is 3.32. The Hall–Kier alpha value is -2.38. The summed E-state index contributed by atoms with van der Waals surface area (Å²) >= 11 is 1.30. The third kappa shape index (κ3) is 3.38. The minimum absolute atomic E-state index is 0.0525. The van der Waals surface area contributed by atoms with Crippen LogP contribution in [0.2, 0.25) is 0 Å². The second-order valence-corrected chi connectivity index (χ2v) is 7.52. The molecule has 130 valence electrons. The number of nitrogens with one attached hydrogen (secondary N) is 2. The van der Waals surface area contributed by atoms with Crippen molar-refractivity contribution in [3.63, 3.8) is 0 Å². The summed E-state index contributed by atoms with van der Waals surface area (Å²) < 4.78 is 5.74. The molecule has 0 radical (unpaired) electrons. The molecule has 2 aliphatic heterocycles. The van der Waals surface area contributed by atoms with Crippen LogP contribution >= 0.6 is 11.3 Å². The number of thiophene rings is 1. The first-order chi connectivity index (χ1) is 12.1. The molecule has 7 heteroatoms. The fourth-order valence-electron chi connectivity index (χ4n) is 3.52. The number of primary amides is 1. The smallest absolute Gasteiger partial charge is 0.261 e. The van der Waals surface area contributed by atoms with Crippen molar-refractivity contribution in [1.29, 1.82) is 0 Å². The first kappa shape index (κ1) is 16.1. The maximum atomic E-state index is 12.4. The van der Waals surface area contributed by atoms with Crippen molar-refractivity contribution in [2.45, 2.75) is 37.4 Å². The van der Waals surface area contributed by atoms with Crippen LogP contribution < -0.4 is 21.1 Å². The van der Waals surface area contributed by atoms with Gasteiger partial charge in [0, 0.05) is 23.7 Å². The third-order valence-electron chi connectivity index (χ3n) is 4.78. The largest absolute Gasteiger partial charge is 0.447 e. The van der Waals surface area contributed by atoms with E-state index in [1.165, 1.54) is 17.8 Å². The number of hydrogen-bond acceptors (Lipinski definition) is 5. The summed E-state index contributed by atoms with van der Waals surface area (Å²) in [7, 11) is 0. The number of ether oxygens (including phenoxy) is 1. The van der Waals surface area contributed by atoms with Crippen LogP contribution in [-0.4, -0.2) is 29.9 Å². The van der Waals surface area contributed by atoms with Gasteiger partial charge < -0.3 is 21.1 Å². The summed E-state index contributed by atoms with van der Waals surface area (Å²) in [6.45, 7) is 0. The van der Waals surface area contributed by atoms with Gasteiger partial charge in [-0.25, -0.2) is 0 Å². The fourth-order valence-corrected chi connectivity index (χ4v) is 4.30. The number of nitrogens with two attached hydrogens (primary N) is 1. The molecule has 3 unspecified atom stereocenters. The molecule has 3 atom stereocenters. The maximum Gasteiger partial charge on any atom is 0.261 e. The molecule has 2 aromatic rings. The van der Waals surface area contributed by atoms with Crippen LogP contribution in [0, 0.1) is 0 Å². The van der Waals surface area contributed by atoms with E-state index in [4.69, 9.17) is 10.5 Å². The van der Waals surface area contributed by atoms with Crippen molar-refractivity contribution in [1.82, 2.24) is 10.6 Å². The number of rotatable bonds is 5. The average molecular weight is 357 g/mol. The molecule has 2 aliphatic rings. The molecule has 1 aromatic heterocycles. The summed E-state index contributed by atoms with van der Waals surface area (Å²) in [5.74, 6) is 0.0659. The predicted octanol–water partition coefficient (Wildman–Crippen LogP) is 2.26. The summed E-state index contributed by atoms with van der Waals surface area (Å²) in [5.41, 5.74) is 5.64. The predicted molar refractivity (Wildman–Crippen MR) is 95.2 cm³/mol. The Morgan fingerprint density at radius 1 is 1.16 bits per heavy atom. The molecule has 2 fully saturated rings. The summed E-state index contributed by atoms with van der Waals surface area (Å²) in [6.07, 6.45) is 3.36. The van der Waals surface area contributed by atoms with Gasteiger partial charge in [-0.3, -0.25) is 9.59 Å². The number of carbonyl (C=O) groups is 2. The highest BCUT2D eigenvalue weighted by Crippen LogP contribution is 2.31. The second kappa shape index (κ2) is 6.50. The first-order valence-electron chi connectivity index (χ1n) is 8.33. The van der Waals surface area contributed by atoms with Crippen molar-refractivity contribution in [2.24, 2.45) is 5.73 Å². The number of carbonyl (C=O) groups excluding carboxylic acids is 2. The van der Waals surface area contributed by atoms with Crippen molar-refractivity contribution in [2.75, 3.05) is 0 Å². The van der Waals surface area contributed by atoms with Gasteiger partial charge >= 0.3 is 0 Å². The van der Waals surface area contributed by atoms with Gasteiger partial charge in [0.1, 0.15) is 5.75 Å². The summed E-state index contributed by atoms with van der Waals surface area (Å²) in [5, 5.41) is 7.27. The SMILES string of the molecule is NC(=O)c1ccc(Oc2ccc(C(=O)NC3CC4CCC3N4)s2)cc1. The molecular weight excluding hydrogens is 338 g/mol. The molecule has 6 nitrogen and oxygen atoms in total. The van der Waals surface area contributed by atoms with Crippen molar-refractivity contribution in [3.8, 4) is 10.8 Å². The van der Waals surface area contributed by atoms with Crippen molar-refractivity contribution >= 4 is 23.2 Å². The minimum Gasteiger partial charge on any atom is -0.447 e. The van der Waals surface area contributed by atoms with E-state index in [0.29, 0.717) is 33.3 Å². The number of benzene rings is 1. The van der Waals surface area contributed by atoms with E-state index in [0.717, 1.165) is 12.8 Å². The molecule has 0 spiro atoms. The van der Waals surface area contributed by atoms with Crippen LogP contribution in [0.1, 0.15) is 39.3 Å². The van der Waals surface area contributed by atoms with E-state index in [9.17, 15) is 9.59 Å². The van der Waals surface area contributed by atoms with Gasteiger partial charge in [0.05, 0.1) is 4.88 Å². The Bertz CT molecular complexity index is 802. The fraction of sp³-hybridized carbons (Fsp3) is 0.333. The van der Waals surface area contributed by atoms with Crippen LogP contribution in [0.25, 0.3) is 0 Å². The van der Waals surface area contributed by atoms with Crippen LogP contribution in [0.5, 0.6) is 10.8 Å². The van der Waals surface area contributed by atoms with Gasteiger partial charge in [-0.15, -0.1) is 0 Å². The second-order valence-electron chi connectivity index (χ2n) is 6.47. The Kier molecular flexibility index (Phi) is 4.19. The van der Waals surface area contributed by atoms with Gasteiger partial charge in [0.15, 0.2) is 5.06 Å². The highest BCUT2D eigenvalue weighted by molar-refractivity contribution is 7.15. The van der Waals surface area contributed by atoms with Gasteiger partial charge in [-0.2, -0.15) is 0 Å². The molecule has 4 rings (SSSR count). The van der Waals surface area contributed by atoms with Crippen LogP contribution in [0.3, 0.4) is 0 Å². The zero-order chi connectivity index (χ0) is 17.4. The number of amides is 2. The highest BCUT2D eigenvalue weighted by Gasteiger charge is 2.39. The van der Waals surface area contributed by atoms with E-state index in [1.54, 1.807) is 36.4 Å². The quantitative estimate of drug-likeness (QED) is 0.765. The summed E-state index contributed by atoms with van der Waals surface area (Å²) in [4.78, 5) is 24.1. The van der Waals surface area contributed by atoms with Crippen LogP contribution in [0.15, 0.2) is 36.4 Å². The molecule has 2 bridgehead atoms. The standard InChI is InChI=1S/C18H19N3O3S/c19-17(22)10-1-4-12(5-2-10)24-16-8-7-15(25-16)18(23)21-14-9-11-3-6-13(14)20-11/h1-2,4-5,7-8,11,13-14,20H,3,6,9H2,(H2,19,22)(H,21,23). The summed E-state index contributed by atoms with van der Waals surface area (Å²) in [6, 6.07) is 11.3. The van der Waals surface area contributed by atoms with Crippen LogP contribution in [-0.2, 0) is 0 Å². The lowest BCUT2D eigenvalue weighted by Gasteiger charge is -2.20. The lowest BCUT2D eigenvalue weighted by Crippen LogP contribution is -2.42. The maximum absolute atomic E-state index is 12.4. The van der Waals surface area contributed by atoms with E-state index >= 15 is 0 Å². The molecule has 3 heterocycles. The first-order valence-corrected chi connectivity index (χ1v) is 9.14. The molecule has 0 saturated carbocycles. The number of hydrogen-bond donors (Lipinski definition) is 3. The van der Waals surface area contributed by atoms with Crippen LogP contribution in [0.4, 0.5) is 0 Å². The Labute approximate surface area is 149 Å². The zero-order valence-corrected chi connectivity index (χ0v) is 14.3. The normalized spacial score (nSPS) is 24.2. The molecule has 0 aliphatic carbocycles. The van der Waals surface area contributed by atoms with E-state index < -0.39 is 5.91 Å². The monoisotopic (exact) mass is 357 g/mol. The molecular formula is C18H19N3O3S. The molecule has 2 amide bonds. The third-order valence-corrected chi connectivity index (χ3v) is 5.74. The Balaban J connectivity index is 1.38. The molecule has 1 aromatic carbocycles. The van der Waals surface area contributed by atoms with Crippen molar-refractivity contribution < 1.29 is 14.3 Å². The van der Waals surface area contributed by atoms with Gasteiger partial charge in [-0.05, 0) is 55.7 Å². The minimum atomic E-state index is -0.475. The highest BCUT2D eigenvalue weighted by atomic mass is 32.1. The lowest BCUT2D eigenvalue weighted by atomic mass is 9.95. The molecule has 25 heavy (non-hydrogen) atoms. The Morgan fingerprint density at radius 3 is 2.60 bits per heavy atom. The molecule has 2 saturated heterocycles. The van der Waals surface area contributed by atoms with Gasteiger partial charge in [-0.1, -0.05) is 11.3 Å². The topological polar surface area (TPSA) is 93.5 Å². The number of fused-ring (bicyclic) bond motifs is 2. The van der Waals surface area contributed by atoms with E-state index in [2.05, 4.69) is 10.6 Å². The van der Waals surface area contributed by atoms with Crippen molar-refractivity contribution in [3.05, 3.63) is 46.8 Å². The molecule has 4 N–H and O–H groups in total. The van der Waals surface area contributed by atoms with Gasteiger partial charge in [0.25, 0.3) is 5.91 Å². The zero-order valence-electron chi connectivity index (χ0n) is 13.5. The van der Waals surface area contributed by atoms with E-state index in [1.807, 2.05) is 0 Å². The Morgan fingerprint density at radius 2 is 1.96 bits per heavy atom. The van der Waals surface area contributed by atoms with E-state index in [-0.39, 0.29) is 11.9 Å². The lowest BCUT2D eigenvalue weighted by molar-refractivity contribution is 0.0934. The van der Waals surface area contributed by atoms with Gasteiger partial charge in [0.2, 0.25) is 5.91 Å².